The van der Waals surface area contributed by atoms with E-state index in [0.717, 1.165) is 43.4 Å². The Labute approximate surface area is 158 Å². The van der Waals surface area contributed by atoms with Crippen LogP contribution in [0.5, 0.6) is 0 Å². The number of aliphatic imine (C=N–C) groups is 1. The van der Waals surface area contributed by atoms with E-state index >= 15 is 0 Å². The van der Waals surface area contributed by atoms with Crippen LogP contribution < -0.4 is 10.6 Å². The van der Waals surface area contributed by atoms with Gasteiger partial charge in [0.25, 0.3) is 0 Å². The van der Waals surface area contributed by atoms with Crippen LogP contribution in [-0.4, -0.2) is 39.8 Å². The van der Waals surface area contributed by atoms with Crippen LogP contribution in [0.2, 0.25) is 0 Å². The zero-order valence-electron chi connectivity index (χ0n) is 14.8. The van der Waals surface area contributed by atoms with Gasteiger partial charge in [0.05, 0.1) is 0 Å². The van der Waals surface area contributed by atoms with Crippen LogP contribution in [0.15, 0.2) is 4.99 Å². The molecule has 23 heavy (non-hydrogen) atoms. The number of nitrogens with zero attached hydrogens (tertiary/aromatic N) is 1. The van der Waals surface area contributed by atoms with Gasteiger partial charge in [-0.2, -0.15) is 0 Å². The van der Waals surface area contributed by atoms with Crippen molar-refractivity contribution in [1.29, 1.82) is 0 Å². The van der Waals surface area contributed by atoms with Gasteiger partial charge in [0.2, 0.25) is 0 Å². The fourth-order valence-corrected chi connectivity index (χ4v) is 3.98. The molecule has 3 aliphatic carbocycles. The molecule has 0 aromatic heterocycles. The molecule has 0 atom stereocenters. The number of rotatable bonds is 9. The van der Waals surface area contributed by atoms with Crippen molar-refractivity contribution in [3.8, 4) is 0 Å². The number of hydrogen-bond donors (Lipinski definition) is 2. The third-order valence-electron chi connectivity index (χ3n) is 6.07. The highest BCUT2D eigenvalue weighted by molar-refractivity contribution is 14.0. The molecule has 3 aliphatic rings. The Morgan fingerprint density at radius 3 is 2.26 bits per heavy atom. The van der Waals surface area contributed by atoms with E-state index < -0.39 is 0 Å². The summed E-state index contributed by atoms with van der Waals surface area (Å²) in [6, 6.07) is 0. The molecule has 2 N–H and O–H groups in total. The number of methoxy groups -OCH3 is 1. The summed E-state index contributed by atoms with van der Waals surface area (Å²) < 4.78 is 5.28. The highest BCUT2D eigenvalue weighted by Gasteiger charge is 2.41. The molecule has 0 amide bonds. The number of nitrogens with one attached hydrogen (secondary N) is 2. The predicted molar refractivity (Wildman–Crippen MR) is 106 cm³/mol. The second-order valence-electron chi connectivity index (χ2n) is 7.74. The largest absolute Gasteiger partial charge is 0.385 e. The molecular formula is C18H34IN3O. The Hall–Kier alpha value is -0.0400. The molecular weight excluding hydrogens is 401 g/mol. The minimum atomic E-state index is 0. The summed E-state index contributed by atoms with van der Waals surface area (Å²) in [7, 11) is 3.69. The molecule has 0 unspecified atom stereocenters. The summed E-state index contributed by atoms with van der Waals surface area (Å²) in [6.45, 7) is 3.02. The maximum Gasteiger partial charge on any atom is 0.191 e. The molecule has 0 saturated heterocycles. The van der Waals surface area contributed by atoms with Gasteiger partial charge in [0.15, 0.2) is 5.96 Å². The molecule has 0 bridgehead atoms. The van der Waals surface area contributed by atoms with Crippen molar-refractivity contribution in [2.24, 2.45) is 28.2 Å². The second kappa shape index (κ2) is 8.88. The van der Waals surface area contributed by atoms with Gasteiger partial charge in [-0.15, -0.1) is 24.0 Å². The first-order valence-corrected chi connectivity index (χ1v) is 9.20. The topological polar surface area (TPSA) is 45.7 Å². The highest BCUT2D eigenvalue weighted by atomic mass is 127. The molecule has 0 aliphatic heterocycles. The van der Waals surface area contributed by atoms with Gasteiger partial charge < -0.3 is 15.4 Å². The van der Waals surface area contributed by atoms with Crippen LogP contribution in [0.3, 0.4) is 0 Å². The molecule has 3 rings (SSSR count). The highest BCUT2D eigenvalue weighted by Crippen LogP contribution is 2.48. The van der Waals surface area contributed by atoms with Crippen molar-refractivity contribution in [2.45, 2.75) is 51.4 Å². The normalized spacial score (nSPS) is 23.2. The molecule has 3 saturated carbocycles. The summed E-state index contributed by atoms with van der Waals surface area (Å²) in [4.78, 5) is 4.42. The van der Waals surface area contributed by atoms with Crippen molar-refractivity contribution < 1.29 is 4.74 Å². The van der Waals surface area contributed by atoms with E-state index in [1.54, 1.807) is 7.11 Å². The Morgan fingerprint density at radius 2 is 1.83 bits per heavy atom. The van der Waals surface area contributed by atoms with E-state index in [-0.39, 0.29) is 24.0 Å². The van der Waals surface area contributed by atoms with Crippen molar-refractivity contribution in [1.82, 2.24) is 10.6 Å². The van der Waals surface area contributed by atoms with Crippen molar-refractivity contribution in [3.05, 3.63) is 0 Å². The summed E-state index contributed by atoms with van der Waals surface area (Å²) in [6.07, 6.45) is 11.0. The third-order valence-corrected chi connectivity index (χ3v) is 6.07. The molecule has 0 heterocycles. The quantitative estimate of drug-likeness (QED) is 0.332. The molecule has 5 heteroatoms. The zero-order valence-corrected chi connectivity index (χ0v) is 17.1. The third kappa shape index (κ3) is 5.48. The standard InChI is InChI=1S/C18H33N3O.HI/c1-19-17(20-12-16(14-4-5-14)15-6-7-15)21-13-18(8-3-9-18)10-11-22-2;/h14-16H,3-13H2,1-2H3,(H2,19,20,21);1H. The average Bonchev–Trinajstić information content (AvgIpc) is 3.37. The van der Waals surface area contributed by atoms with Gasteiger partial charge >= 0.3 is 0 Å². The summed E-state index contributed by atoms with van der Waals surface area (Å²) in [5, 5.41) is 7.18. The van der Waals surface area contributed by atoms with Crippen molar-refractivity contribution >= 4 is 29.9 Å². The molecule has 0 spiro atoms. The Bertz CT molecular complexity index is 378. The van der Waals surface area contributed by atoms with Gasteiger partial charge in [0, 0.05) is 33.9 Å². The number of hydrogen-bond acceptors (Lipinski definition) is 2. The summed E-state index contributed by atoms with van der Waals surface area (Å²) >= 11 is 0. The first-order chi connectivity index (χ1) is 10.8. The van der Waals surface area contributed by atoms with Crippen LogP contribution in [0.4, 0.5) is 0 Å². The SMILES string of the molecule is CN=C(NCC(C1CC1)C1CC1)NCC1(CCOC)CCC1.I. The summed E-state index contributed by atoms with van der Waals surface area (Å²) in [5.74, 6) is 3.88. The predicted octanol–water partition coefficient (Wildman–Crippen LogP) is 3.41. The Morgan fingerprint density at radius 1 is 1.17 bits per heavy atom. The van der Waals surface area contributed by atoms with Crippen LogP contribution in [0.1, 0.15) is 51.4 Å². The first-order valence-electron chi connectivity index (χ1n) is 9.20. The molecule has 4 nitrogen and oxygen atoms in total. The molecule has 134 valence electrons. The number of guanidine groups is 1. The van der Waals surface area contributed by atoms with Gasteiger partial charge in [-0.25, -0.2) is 0 Å². The fourth-order valence-electron chi connectivity index (χ4n) is 3.98. The molecule has 3 fully saturated rings. The first kappa shape index (κ1) is 19.3. The van der Waals surface area contributed by atoms with Gasteiger partial charge in [-0.3, -0.25) is 4.99 Å². The number of ether oxygens (including phenoxy) is 1. The lowest BCUT2D eigenvalue weighted by atomic mass is 9.67. The van der Waals surface area contributed by atoms with Gasteiger partial charge in [0.1, 0.15) is 0 Å². The van der Waals surface area contributed by atoms with E-state index in [1.807, 2.05) is 7.05 Å². The lowest BCUT2D eigenvalue weighted by Crippen LogP contribution is -2.48. The van der Waals surface area contributed by atoms with Gasteiger partial charge in [-0.1, -0.05) is 6.42 Å². The van der Waals surface area contributed by atoms with Crippen LogP contribution >= 0.6 is 24.0 Å². The molecule has 0 aromatic rings. The Kier molecular flexibility index (Phi) is 7.45. The maximum atomic E-state index is 5.28. The van der Waals surface area contributed by atoms with Crippen LogP contribution in [-0.2, 0) is 4.74 Å². The lowest BCUT2D eigenvalue weighted by Gasteiger charge is -2.42. The smallest absolute Gasteiger partial charge is 0.191 e. The van der Waals surface area contributed by atoms with Crippen LogP contribution in [0, 0.1) is 23.2 Å². The van der Waals surface area contributed by atoms with Gasteiger partial charge in [-0.05, 0) is 68.1 Å². The molecule has 0 radical (unpaired) electrons. The van der Waals surface area contributed by atoms with E-state index in [0.29, 0.717) is 5.41 Å². The monoisotopic (exact) mass is 435 g/mol. The van der Waals surface area contributed by atoms with E-state index in [1.165, 1.54) is 51.4 Å². The minimum Gasteiger partial charge on any atom is -0.385 e. The fraction of sp³-hybridized carbons (Fsp3) is 0.944. The maximum absolute atomic E-state index is 5.28. The number of halogens is 1. The zero-order chi connectivity index (χ0) is 15.4. The van der Waals surface area contributed by atoms with E-state index in [2.05, 4.69) is 15.6 Å². The lowest BCUT2D eigenvalue weighted by molar-refractivity contribution is 0.0732. The van der Waals surface area contributed by atoms with Crippen molar-refractivity contribution in [3.63, 3.8) is 0 Å². The molecule has 0 aromatic carbocycles. The second-order valence-corrected chi connectivity index (χ2v) is 7.74. The van der Waals surface area contributed by atoms with E-state index in [4.69, 9.17) is 4.74 Å². The van der Waals surface area contributed by atoms with Crippen LogP contribution in [0.25, 0.3) is 0 Å². The van der Waals surface area contributed by atoms with E-state index in [9.17, 15) is 0 Å². The van der Waals surface area contributed by atoms with Crippen molar-refractivity contribution in [2.75, 3.05) is 33.9 Å². The minimum absolute atomic E-state index is 0. The Balaban J connectivity index is 0.00000192. The summed E-state index contributed by atoms with van der Waals surface area (Å²) in [5.41, 5.74) is 0.444. The average molecular weight is 435 g/mol.